The number of ketones is 1. The molecule has 0 atom stereocenters. The van der Waals surface area contributed by atoms with Crippen LogP contribution in [0.15, 0.2) is 66.9 Å². The standard InChI is InChI=1S/C16H13N3O/c20-16(14-9-5-2-6-10-14)15-12-19(18-17-15)11-13-7-3-1-4-8-13/h1-10,12H,11H2. The van der Waals surface area contributed by atoms with Crippen LogP contribution in [-0.2, 0) is 6.54 Å². The fourth-order valence-electron chi connectivity index (χ4n) is 1.99. The van der Waals surface area contributed by atoms with Crippen LogP contribution in [0, 0.1) is 0 Å². The molecule has 0 amide bonds. The fourth-order valence-corrected chi connectivity index (χ4v) is 1.99. The third-order valence-corrected chi connectivity index (χ3v) is 2.99. The molecule has 0 fully saturated rings. The lowest BCUT2D eigenvalue weighted by molar-refractivity contribution is 0.103. The van der Waals surface area contributed by atoms with Crippen molar-refractivity contribution in [1.82, 2.24) is 15.0 Å². The molecule has 4 nitrogen and oxygen atoms in total. The summed E-state index contributed by atoms with van der Waals surface area (Å²) in [5, 5.41) is 7.96. The van der Waals surface area contributed by atoms with E-state index >= 15 is 0 Å². The maximum absolute atomic E-state index is 12.2. The molecule has 98 valence electrons. The number of carbonyl (C=O) groups is 1. The molecule has 1 heterocycles. The minimum Gasteiger partial charge on any atom is -0.287 e. The molecule has 0 aliphatic heterocycles. The molecule has 3 aromatic rings. The molecule has 0 spiro atoms. The molecule has 0 bridgehead atoms. The van der Waals surface area contributed by atoms with Crippen LogP contribution in [0.25, 0.3) is 0 Å². The first-order valence-corrected chi connectivity index (χ1v) is 6.37. The zero-order valence-corrected chi connectivity index (χ0v) is 10.8. The number of nitrogens with zero attached hydrogens (tertiary/aromatic N) is 3. The third-order valence-electron chi connectivity index (χ3n) is 2.99. The van der Waals surface area contributed by atoms with Crippen LogP contribution in [0.5, 0.6) is 0 Å². The highest BCUT2D eigenvalue weighted by atomic mass is 16.1. The summed E-state index contributed by atoms with van der Waals surface area (Å²) >= 11 is 0. The van der Waals surface area contributed by atoms with Gasteiger partial charge in [0, 0.05) is 5.56 Å². The highest BCUT2D eigenvalue weighted by Gasteiger charge is 2.12. The lowest BCUT2D eigenvalue weighted by atomic mass is 10.1. The molecule has 0 aliphatic rings. The van der Waals surface area contributed by atoms with Gasteiger partial charge in [-0.15, -0.1) is 5.10 Å². The Morgan fingerprint density at radius 3 is 2.30 bits per heavy atom. The van der Waals surface area contributed by atoms with Crippen LogP contribution in [0.1, 0.15) is 21.6 Å². The Kier molecular flexibility index (Phi) is 3.37. The van der Waals surface area contributed by atoms with Crippen LogP contribution in [0.2, 0.25) is 0 Å². The third kappa shape index (κ3) is 2.64. The normalized spacial score (nSPS) is 10.4. The van der Waals surface area contributed by atoms with E-state index in [0.717, 1.165) is 5.56 Å². The summed E-state index contributed by atoms with van der Waals surface area (Å²) in [6.45, 7) is 0.607. The molecule has 0 saturated carbocycles. The number of hydrogen-bond acceptors (Lipinski definition) is 3. The summed E-state index contributed by atoms with van der Waals surface area (Å²) in [5.74, 6) is -0.107. The number of rotatable bonds is 4. The Hall–Kier alpha value is -2.75. The Morgan fingerprint density at radius 1 is 0.950 bits per heavy atom. The van der Waals surface area contributed by atoms with E-state index in [9.17, 15) is 4.79 Å². The first-order chi connectivity index (χ1) is 9.83. The number of aromatic nitrogens is 3. The van der Waals surface area contributed by atoms with Gasteiger partial charge in [-0.05, 0) is 5.56 Å². The zero-order chi connectivity index (χ0) is 13.8. The van der Waals surface area contributed by atoms with Gasteiger partial charge in [0.25, 0.3) is 0 Å². The van der Waals surface area contributed by atoms with Gasteiger partial charge in [-0.25, -0.2) is 4.68 Å². The van der Waals surface area contributed by atoms with Gasteiger partial charge in [0.1, 0.15) is 0 Å². The average Bonchev–Trinajstić information content (AvgIpc) is 2.97. The predicted octanol–water partition coefficient (Wildman–Crippen LogP) is 2.56. The van der Waals surface area contributed by atoms with E-state index in [1.54, 1.807) is 23.0 Å². The van der Waals surface area contributed by atoms with Gasteiger partial charge >= 0.3 is 0 Å². The summed E-state index contributed by atoms with van der Waals surface area (Å²) in [6.07, 6.45) is 1.68. The van der Waals surface area contributed by atoms with Gasteiger partial charge in [0.15, 0.2) is 5.69 Å². The molecule has 2 aromatic carbocycles. The van der Waals surface area contributed by atoms with Crippen molar-refractivity contribution in [2.75, 3.05) is 0 Å². The minimum absolute atomic E-state index is 0.107. The van der Waals surface area contributed by atoms with Crippen molar-refractivity contribution in [1.29, 1.82) is 0 Å². The molecule has 0 radical (unpaired) electrons. The van der Waals surface area contributed by atoms with Gasteiger partial charge in [0.05, 0.1) is 12.7 Å². The van der Waals surface area contributed by atoms with Crippen molar-refractivity contribution in [2.45, 2.75) is 6.54 Å². The van der Waals surface area contributed by atoms with Gasteiger partial charge in [-0.1, -0.05) is 65.9 Å². The highest BCUT2D eigenvalue weighted by Crippen LogP contribution is 2.08. The summed E-state index contributed by atoms with van der Waals surface area (Å²) in [6, 6.07) is 19.0. The van der Waals surface area contributed by atoms with E-state index in [4.69, 9.17) is 0 Å². The lowest BCUT2D eigenvalue weighted by Crippen LogP contribution is -2.01. The van der Waals surface area contributed by atoms with E-state index in [1.165, 1.54) is 0 Å². The van der Waals surface area contributed by atoms with Crippen molar-refractivity contribution >= 4 is 5.78 Å². The summed E-state index contributed by atoms with van der Waals surface area (Å²) in [5.41, 5.74) is 2.11. The molecule has 4 heteroatoms. The molecule has 0 saturated heterocycles. The maximum atomic E-state index is 12.2. The molecular weight excluding hydrogens is 250 g/mol. The SMILES string of the molecule is O=C(c1ccccc1)c1cn(Cc2ccccc2)nn1. The minimum atomic E-state index is -0.107. The summed E-state index contributed by atoms with van der Waals surface area (Å²) < 4.78 is 1.67. The van der Waals surface area contributed by atoms with Gasteiger partial charge in [-0.2, -0.15) is 0 Å². The first kappa shape index (κ1) is 12.3. The smallest absolute Gasteiger partial charge is 0.214 e. The van der Waals surface area contributed by atoms with E-state index in [1.807, 2.05) is 48.5 Å². The van der Waals surface area contributed by atoms with Crippen molar-refractivity contribution in [3.8, 4) is 0 Å². The van der Waals surface area contributed by atoms with Crippen molar-refractivity contribution in [3.63, 3.8) is 0 Å². The fraction of sp³-hybridized carbons (Fsp3) is 0.0625. The Balaban J connectivity index is 1.79. The van der Waals surface area contributed by atoms with Crippen molar-refractivity contribution in [2.24, 2.45) is 0 Å². The first-order valence-electron chi connectivity index (χ1n) is 6.37. The van der Waals surface area contributed by atoms with E-state index < -0.39 is 0 Å². The number of hydrogen-bond donors (Lipinski definition) is 0. The highest BCUT2D eigenvalue weighted by molar-refractivity contribution is 6.07. The van der Waals surface area contributed by atoms with Crippen LogP contribution in [0.4, 0.5) is 0 Å². The second kappa shape index (κ2) is 5.48. The van der Waals surface area contributed by atoms with Gasteiger partial charge < -0.3 is 0 Å². The van der Waals surface area contributed by atoms with Crippen molar-refractivity contribution in [3.05, 3.63) is 83.7 Å². The second-order valence-electron chi connectivity index (χ2n) is 4.48. The zero-order valence-electron chi connectivity index (χ0n) is 10.8. The largest absolute Gasteiger partial charge is 0.287 e. The lowest BCUT2D eigenvalue weighted by Gasteiger charge is -1.99. The summed E-state index contributed by atoms with van der Waals surface area (Å²) in [7, 11) is 0. The molecule has 20 heavy (non-hydrogen) atoms. The van der Waals surface area contributed by atoms with E-state index in [0.29, 0.717) is 17.8 Å². The Labute approximate surface area is 116 Å². The molecule has 0 unspecified atom stereocenters. The topological polar surface area (TPSA) is 47.8 Å². The Morgan fingerprint density at radius 2 is 1.60 bits per heavy atom. The van der Waals surface area contributed by atoms with Crippen molar-refractivity contribution < 1.29 is 4.79 Å². The van der Waals surface area contributed by atoms with Crippen LogP contribution < -0.4 is 0 Å². The molecule has 3 rings (SSSR count). The molecule has 0 aliphatic carbocycles. The van der Waals surface area contributed by atoms with Crippen LogP contribution in [-0.4, -0.2) is 20.8 Å². The number of carbonyl (C=O) groups excluding carboxylic acids is 1. The molecule has 0 N–H and O–H groups in total. The monoisotopic (exact) mass is 263 g/mol. The van der Waals surface area contributed by atoms with Gasteiger partial charge in [0.2, 0.25) is 5.78 Å². The quantitative estimate of drug-likeness (QED) is 0.680. The summed E-state index contributed by atoms with van der Waals surface area (Å²) in [4.78, 5) is 12.2. The molecular formula is C16H13N3O. The van der Waals surface area contributed by atoms with Gasteiger partial charge in [-0.3, -0.25) is 4.79 Å². The van der Waals surface area contributed by atoms with Crippen LogP contribution in [0.3, 0.4) is 0 Å². The number of benzene rings is 2. The predicted molar refractivity (Wildman–Crippen MR) is 75.4 cm³/mol. The van der Waals surface area contributed by atoms with E-state index in [-0.39, 0.29) is 5.78 Å². The van der Waals surface area contributed by atoms with E-state index in [2.05, 4.69) is 10.3 Å². The molecule has 1 aromatic heterocycles. The maximum Gasteiger partial charge on any atom is 0.214 e. The second-order valence-corrected chi connectivity index (χ2v) is 4.48. The Bertz CT molecular complexity index is 705. The van der Waals surface area contributed by atoms with Crippen LogP contribution >= 0.6 is 0 Å². The average molecular weight is 263 g/mol.